The van der Waals surface area contributed by atoms with Crippen molar-refractivity contribution in [1.82, 2.24) is 10.3 Å². The number of aliphatic hydroxyl groups excluding tert-OH is 1. The van der Waals surface area contributed by atoms with Crippen molar-refractivity contribution in [3.63, 3.8) is 0 Å². The highest BCUT2D eigenvalue weighted by molar-refractivity contribution is 5.95. The lowest BCUT2D eigenvalue weighted by molar-refractivity contribution is -0.137. The van der Waals surface area contributed by atoms with Crippen molar-refractivity contribution in [3.05, 3.63) is 69.6 Å². The number of amides is 1. The molecule has 0 spiro atoms. The Balaban J connectivity index is 2.10. The first-order valence-corrected chi connectivity index (χ1v) is 6.61. The molecular formula is C15H13F3N2O3. The molecule has 8 heteroatoms. The van der Waals surface area contributed by atoms with E-state index in [0.29, 0.717) is 0 Å². The fourth-order valence-electron chi connectivity index (χ4n) is 1.98. The Kier molecular flexibility index (Phi) is 4.85. The second-order valence-electron chi connectivity index (χ2n) is 4.74. The molecule has 0 aliphatic carbocycles. The second-order valence-corrected chi connectivity index (χ2v) is 4.74. The van der Waals surface area contributed by atoms with Crippen LogP contribution in [-0.2, 0) is 6.18 Å². The van der Waals surface area contributed by atoms with Gasteiger partial charge in [-0.05, 0) is 18.2 Å². The highest BCUT2D eigenvalue weighted by Gasteiger charge is 2.34. The standard InChI is InChI=1S/C15H13F3N2O3/c16-15(17,18)10-5-2-1-4-9(10)14(23)19-8-12(21)11-6-3-7-13(22)20-11/h1-7,12,21H,8H2,(H,19,23)(H,20,22). The van der Waals surface area contributed by atoms with Gasteiger partial charge in [0.2, 0.25) is 5.56 Å². The maximum atomic E-state index is 12.8. The fourth-order valence-corrected chi connectivity index (χ4v) is 1.98. The molecule has 2 aromatic rings. The van der Waals surface area contributed by atoms with Gasteiger partial charge in [0, 0.05) is 18.3 Å². The fraction of sp³-hybridized carbons (Fsp3) is 0.200. The Morgan fingerprint density at radius 2 is 1.87 bits per heavy atom. The monoisotopic (exact) mass is 326 g/mol. The van der Waals surface area contributed by atoms with E-state index < -0.39 is 34.9 Å². The van der Waals surface area contributed by atoms with Gasteiger partial charge in [-0.1, -0.05) is 18.2 Å². The highest BCUT2D eigenvalue weighted by atomic mass is 19.4. The van der Waals surface area contributed by atoms with Crippen LogP contribution in [0.3, 0.4) is 0 Å². The lowest BCUT2D eigenvalue weighted by atomic mass is 10.1. The summed E-state index contributed by atoms with van der Waals surface area (Å²) in [5.41, 5.74) is -1.87. The molecule has 0 aliphatic heterocycles. The molecular weight excluding hydrogens is 313 g/mol. The van der Waals surface area contributed by atoms with E-state index in [2.05, 4.69) is 10.3 Å². The summed E-state index contributed by atoms with van der Waals surface area (Å²) in [6, 6.07) is 8.45. The first-order valence-electron chi connectivity index (χ1n) is 6.61. The third-order valence-electron chi connectivity index (χ3n) is 3.08. The number of aliphatic hydroxyl groups is 1. The van der Waals surface area contributed by atoms with Crippen molar-refractivity contribution in [2.45, 2.75) is 12.3 Å². The minimum Gasteiger partial charge on any atom is -0.385 e. The molecule has 0 fully saturated rings. The summed E-state index contributed by atoms with van der Waals surface area (Å²) in [7, 11) is 0. The maximum Gasteiger partial charge on any atom is 0.417 e. The number of benzene rings is 1. The number of carbonyl (C=O) groups is 1. The maximum absolute atomic E-state index is 12.8. The van der Waals surface area contributed by atoms with E-state index in [1.165, 1.54) is 30.3 Å². The first kappa shape index (κ1) is 16.8. The number of rotatable bonds is 4. The van der Waals surface area contributed by atoms with Crippen molar-refractivity contribution in [2.24, 2.45) is 0 Å². The molecule has 1 heterocycles. The Labute approximate surface area is 128 Å². The predicted molar refractivity (Wildman–Crippen MR) is 75.8 cm³/mol. The van der Waals surface area contributed by atoms with Gasteiger partial charge in [0.1, 0.15) is 6.10 Å². The van der Waals surface area contributed by atoms with Crippen molar-refractivity contribution in [3.8, 4) is 0 Å². The van der Waals surface area contributed by atoms with Crippen LogP contribution in [0.1, 0.15) is 27.7 Å². The van der Waals surface area contributed by atoms with Gasteiger partial charge in [0.25, 0.3) is 5.91 Å². The number of H-pyrrole nitrogens is 1. The smallest absolute Gasteiger partial charge is 0.385 e. The molecule has 1 aromatic heterocycles. The number of pyridine rings is 1. The van der Waals surface area contributed by atoms with Crippen LogP contribution in [0.2, 0.25) is 0 Å². The van der Waals surface area contributed by atoms with Gasteiger partial charge in [-0.2, -0.15) is 13.2 Å². The number of aromatic amines is 1. The molecule has 1 atom stereocenters. The van der Waals surface area contributed by atoms with Gasteiger partial charge in [-0.25, -0.2) is 0 Å². The molecule has 1 unspecified atom stereocenters. The SMILES string of the molecule is O=C(NCC(O)c1cccc(=O)[nH]1)c1ccccc1C(F)(F)F. The molecule has 5 nitrogen and oxygen atoms in total. The third kappa shape index (κ3) is 4.19. The van der Waals surface area contributed by atoms with E-state index in [1.54, 1.807) is 0 Å². The minimum atomic E-state index is -4.66. The van der Waals surface area contributed by atoms with Crippen LogP contribution in [0.5, 0.6) is 0 Å². The van der Waals surface area contributed by atoms with Gasteiger partial charge in [-0.3, -0.25) is 9.59 Å². The quantitative estimate of drug-likeness (QED) is 0.802. The summed E-state index contributed by atoms with van der Waals surface area (Å²) in [5.74, 6) is -0.963. The van der Waals surface area contributed by atoms with Crippen LogP contribution in [0.25, 0.3) is 0 Å². The molecule has 2 rings (SSSR count). The zero-order chi connectivity index (χ0) is 17.0. The van der Waals surface area contributed by atoms with Crippen LogP contribution >= 0.6 is 0 Å². The highest BCUT2D eigenvalue weighted by Crippen LogP contribution is 2.31. The topological polar surface area (TPSA) is 82.2 Å². The first-order chi connectivity index (χ1) is 10.8. The molecule has 1 aromatic carbocycles. The lowest BCUT2D eigenvalue weighted by Crippen LogP contribution is -2.30. The van der Waals surface area contributed by atoms with Gasteiger partial charge in [-0.15, -0.1) is 0 Å². The Hall–Kier alpha value is -2.61. The molecule has 0 bridgehead atoms. The molecule has 23 heavy (non-hydrogen) atoms. The Morgan fingerprint density at radius 1 is 1.17 bits per heavy atom. The van der Waals surface area contributed by atoms with Gasteiger partial charge >= 0.3 is 6.18 Å². The summed E-state index contributed by atoms with van der Waals surface area (Å²) in [6.45, 7) is -0.342. The molecule has 0 saturated heterocycles. The number of nitrogens with one attached hydrogen (secondary N) is 2. The van der Waals surface area contributed by atoms with E-state index in [-0.39, 0.29) is 12.2 Å². The summed E-state index contributed by atoms with van der Waals surface area (Å²) in [5, 5.41) is 12.1. The Bertz CT molecular complexity index is 756. The van der Waals surface area contributed by atoms with E-state index in [0.717, 1.165) is 12.1 Å². The van der Waals surface area contributed by atoms with Gasteiger partial charge in [0.15, 0.2) is 0 Å². The summed E-state index contributed by atoms with van der Waals surface area (Å²) in [4.78, 5) is 25.4. The van der Waals surface area contributed by atoms with Crippen molar-refractivity contribution in [2.75, 3.05) is 6.54 Å². The van der Waals surface area contributed by atoms with E-state index in [9.17, 15) is 27.9 Å². The minimum absolute atomic E-state index is 0.155. The zero-order valence-corrected chi connectivity index (χ0v) is 11.7. The van der Waals surface area contributed by atoms with Crippen LogP contribution in [0.15, 0.2) is 47.3 Å². The molecule has 3 N–H and O–H groups in total. The largest absolute Gasteiger partial charge is 0.417 e. The number of hydrogen-bond acceptors (Lipinski definition) is 3. The van der Waals surface area contributed by atoms with Gasteiger partial charge < -0.3 is 15.4 Å². The lowest BCUT2D eigenvalue weighted by Gasteiger charge is -2.15. The van der Waals surface area contributed by atoms with E-state index >= 15 is 0 Å². The van der Waals surface area contributed by atoms with Crippen molar-refractivity contribution < 1.29 is 23.1 Å². The molecule has 0 radical (unpaired) electrons. The molecule has 0 saturated carbocycles. The molecule has 1 amide bonds. The predicted octanol–water partition coefficient (Wildman–Crippen LogP) is 1.86. The third-order valence-corrected chi connectivity index (χ3v) is 3.08. The van der Waals surface area contributed by atoms with E-state index in [1.807, 2.05) is 0 Å². The van der Waals surface area contributed by atoms with Crippen molar-refractivity contribution in [1.29, 1.82) is 0 Å². The number of carbonyl (C=O) groups excluding carboxylic acids is 1. The Morgan fingerprint density at radius 3 is 2.52 bits per heavy atom. The van der Waals surface area contributed by atoms with Crippen LogP contribution in [-0.4, -0.2) is 22.5 Å². The average molecular weight is 326 g/mol. The van der Waals surface area contributed by atoms with Gasteiger partial charge in [0.05, 0.1) is 11.1 Å². The second kappa shape index (κ2) is 6.66. The van der Waals surface area contributed by atoms with E-state index in [4.69, 9.17) is 0 Å². The van der Waals surface area contributed by atoms with Crippen LogP contribution in [0, 0.1) is 0 Å². The normalized spacial score (nSPS) is 12.7. The number of halogens is 3. The summed E-state index contributed by atoms with van der Waals surface area (Å²) < 4.78 is 38.5. The number of aromatic nitrogens is 1. The number of alkyl halides is 3. The molecule has 122 valence electrons. The summed E-state index contributed by atoms with van der Waals surface area (Å²) >= 11 is 0. The van der Waals surface area contributed by atoms with Crippen molar-refractivity contribution >= 4 is 5.91 Å². The van der Waals surface area contributed by atoms with Crippen LogP contribution < -0.4 is 10.9 Å². The molecule has 0 aliphatic rings. The van der Waals surface area contributed by atoms with Crippen LogP contribution in [0.4, 0.5) is 13.2 Å². The zero-order valence-electron chi connectivity index (χ0n) is 11.7. The number of hydrogen-bond donors (Lipinski definition) is 3. The average Bonchev–Trinajstić information content (AvgIpc) is 2.51. The summed E-state index contributed by atoms with van der Waals surface area (Å²) in [6.07, 6.45) is -5.90.